The molecule has 20 heavy (non-hydrogen) atoms. The smallest absolute Gasteiger partial charge is 0.133 e. The van der Waals surface area contributed by atoms with Gasteiger partial charge < -0.3 is 4.90 Å². The van der Waals surface area contributed by atoms with Crippen LogP contribution in [-0.4, -0.2) is 17.6 Å². The zero-order chi connectivity index (χ0) is 14.1. The van der Waals surface area contributed by atoms with Gasteiger partial charge in [-0.1, -0.05) is 25.1 Å². The van der Waals surface area contributed by atoms with E-state index in [1.807, 2.05) is 12.1 Å². The minimum atomic E-state index is 0.520. The fraction of sp³-hybridized carbons (Fsp3) is 0.471. The summed E-state index contributed by atoms with van der Waals surface area (Å²) in [6, 6.07) is 11.0. The predicted octanol–water partition coefficient (Wildman–Crippen LogP) is 4.60. The van der Waals surface area contributed by atoms with Crippen molar-refractivity contribution in [2.45, 2.75) is 38.6 Å². The van der Waals surface area contributed by atoms with Gasteiger partial charge in [0, 0.05) is 23.5 Å². The highest BCUT2D eigenvalue weighted by Crippen LogP contribution is 2.31. The highest BCUT2D eigenvalue weighted by molar-refractivity contribution is 6.17. The van der Waals surface area contributed by atoms with Gasteiger partial charge in [0.05, 0.1) is 11.4 Å². The fourth-order valence-electron chi connectivity index (χ4n) is 3.22. The van der Waals surface area contributed by atoms with E-state index in [1.54, 1.807) is 0 Å². The number of fused-ring (bicyclic) bond motifs is 1. The van der Waals surface area contributed by atoms with E-state index in [0.29, 0.717) is 11.9 Å². The molecule has 1 saturated heterocycles. The Morgan fingerprint density at radius 2 is 2.10 bits per heavy atom. The first-order valence-electron chi connectivity index (χ1n) is 7.40. The van der Waals surface area contributed by atoms with Crippen LogP contribution in [0, 0.1) is 5.92 Å². The maximum Gasteiger partial charge on any atom is 0.133 e. The molecule has 2 unspecified atom stereocenters. The number of rotatable bonds is 2. The third-order valence-electron chi connectivity index (χ3n) is 4.33. The van der Waals surface area contributed by atoms with Crippen molar-refractivity contribution < 1.29 is 0 Å². The van der Waals surface area contributed by atoms with E-state index in [4.69, 9.17) is 16.6 Å². The quantitative estimate of drug-likeness (QED) is 0.751. The molecule has 3 rings (SSSR count). The first-order chi connectivity index (χ1) is 9.69. The van der Waals surface area contributed by atoms with Crippen molar-refractivity contribution in [1.29, 1.82) is 0 Å². The third-order valence-corrected chi connectivity index (χ3v) is 4.62. The van der Waals surface area contributed by atoms with Gasteiger partial charge in [-0.25, -0.2) is 4.98 Å². The highest BCUT2D eigenvalue weighted by atomic mass is 35.5. The molecule has 2 aromatic rings. The molecular formula is C17H21ClN2. The first-order valence-corrected chi connectivity index (χ1v) is 7.93. The maximum atomic E-state index is 6.16. The third kappa shape index (κ3) is 2.49. The average Bonchev–Trinajstić information content (AvgIpc) is 2.46. The Morgan fingerprint density at radius 1 is 1.30 bits per heavy atom. The second kappa shape index (κ2) is 5.61. The number of nitrogens with zero attached hydrogens (tertiary/aromatic N) is 2. The zero-order valence-electron chi connectivity index (χ0n) is 12.1. The SMILES string of the molecule is CC1CCN(c2nc3ccccc3cc2CCl)C(C)C1. The summed E-state index contributed by atoms with van der Waals surface area (Å²) >= 11 is 6.16. The Kier molecular flexibility index (Phi) is 3.84. The Balaban J connectivity index is 2.05. The lowest BCUT2D eigenvalue weighted by molar-refractivity contribution is 0.376. The van der Waals surface area contributed by atoms with Crippen LogP contribution in [0.4, 0.5) is 5.82 Å². The predicted molar refractivity (Wildman–Crippen MR) is 86.5 cm³/mol. The van der Waals surface area contributed by atoms with E-state index in [0.717, 1.165) is 29.4 Å². The molecule has 1 aliphatic rings. The minimum absolute atomic E-state index is 0.520. The molecule has 1 aromatic heterocycles. The van der Waals surface area contributed by atoms with Crippen molar-refractivity contribution in [2.24, 2.45) is 5.92 Å². The van der Waals surface area contributed by atoms with Crippen molar-refractivity contribution >= 4 is 28.3 Å². The summed E-state index contributed by atoms with van der Waals surface area (Å²) in [7, 11) is 0. The molecule has 106 valence electrons. The standard InChI is InChI=1S/C17H21ClN2/c1-12-7-8-20(13(2)9-12)17-15(11-18)10-14-5-3-4-6-16(14)19-17/h3-6,10,12-13H,7-9,11H2,1-2H3. The van der Waals surface area contributed by atoms with Crippen molar-refractivity contribution in [3.05, 3.63) is 35.9 Å². The molecule has 1 fully saturated rings. The number of anilines is 1. The Bertz CT molecular complexity index is 611. The van der Waals surface area contributed by atoms with Gasteiger partial charge in [-0.05, 0) is 37.8 Å². The van der Waals surface area contributed by atoms with Crippen molar-refractivity contribution in [2.75, 3.05) is 11.4 Å². The van der Waals surface area contributed by atoms with Crippen LogP contribution in [0.15, 0.2) is 30.3 Å². The van der Waals surface area contributed by atoms with Gasteiger partial charge in [0.2, 0.25) is 0 Å². The fourth-order valence-corrected chi connectivity index (χ4v) is 3.42. The molecule has 3 heteroatoms. The molecular weight excluding hydrogens is 268 g/mol. The molecule has 2 heterocycles. The number of aromatic nitrogens is 1. The molecule has 1 aliphatic heterocycles. The van der Waals surface area contributed by atoms with Crippen LogP contribution < -0.4 is 4.90 Å². The summed E-state index contributed by atoms with van der Waals surface area (Å²) in [4.78, 5) is 7.32. The number of hydrogen-bond acceptors (Lipinski definition) is 2. The van der Waals surface area contributed by atoms with Crippen molar-refractivity contribution in [3.63, 3.8) is 0 Å². The minimum Gasteiger partial charge on any atom is -0.354 e. The summed E-state index contributed by atoms with van der Waals surface area (Å²) in [5.74, 6) is 2.41. The van der Waals surface area contributed by atoms with E-state index in [-0.39, 0.29) is 0 Å². The van der Waals surface area contributed by atoms with Gasteiger partial charge in [-0.2, -0.15) is 0 Å². The van der Waals surface area contributed by atoms with Gasteiger partial charge in [0.15, 0.2) is 0 Å². The zero-order valence-corrected chi connectivity index (χ0v) is 12.9. The number of alkyl halides is 1. The highest BCUT2D eigenvalue weighted by Gasteiger charge is 2.25. The summed E-state index contributed by atoms with van der Waals surface area (Å²) in [5.41, 5.74) is 2.20. The van der Waals surface area contributed by atoms with Crippen LogP contribution in [0.1, 0.15) is 32.3 Å². The number of hydrogen-bond donors (Lipinski definition) is 0. The lowest BCUT2D eigenvalue weighted by Crippen LogP contribution is -2.41. The van der Waals surface area contributed by atoms with Gasteiger partial charge in [-0.15, -0.1) is 11.6 Å². The molecule has 0 N–H and O–H groups in total. The second-order valence-corrected chi connectivity index (χ2v) is 6.24. The molecule has 0 radical (unpaired) electrons. The number of para-hydroxylation sites is 1. The first kappa shape index (κ1) is 13.7. The average molecular weight is 289 g/mol. The molecule has 0 saturated carbocycles. The normalized spacial score (nSPS) is 23.2. The summed E-state index contributed by atoms with van der Waals surface area (Å²) < 4.78 is 0. The summed E-state index contributed by atoms with van der Waals surface area (Å²) in [6.07, 6.45) is 2.47. The summed E-state index contributed by atoms with van der Waals surface area (Å²) in [6.45, 7) is 5.71. The molecule has 0 spiro atoms. The molecule has 2 nitrogen and oxygen atoms in total. The number of benzene rings is 1. The summed E-state index contributed by atoms with van der Waals surface area (Å²) in [5, 5.41) is 1.17. The van der Waals surface area contributed by atoms with Crippen LogP contribution in [0.3, 0.4) is 0 Å². The van der Waals surface area contributed by atoms with E-state index < -0.39 is 0 Å². The van der Waals surface area contributed by atoms with Crippen LogP contribution in [0.5, 0.6) is 0 Å². The van der Waals surface area contributed by atoms with Crippen LogP contribution in [-0.2, 0) is 5.88 Å². The number of halogens is 1. The van der Waals surface area contributed by atoms with Crippen molar-refractivity contribution in [3.8, 4) is 0 Å². The van der Waals surface area contributed by atoms with Crippen LogP contribution in [0.2, 0.25) is 0 Å². The molecule has 0 bridgehead atoms. The largest absolute Gasteiger partial charge is 0.354 e. The van der Waals surface area contributed by atoms with E-state index >= 15 is 0 Å². The van der Waals surface area contributed by atoms with E-state index in [1.165, 1.54) is 18.2 Å². The Labute approximate surface area is 125 Å². The molecule has 1 aromatic carbocycles. The second-order valence-electron chi connectivity index (χ2n) is 5.97. The van der Waals surface area contributed by atoms with Gasteiger partial charge >= 0.3 is 0 Å². The lowest BCUT2D eigenvalue weighted by atomic mass is 9.93. The van der Waals surface area contributed by atoms with Crippen LogP contribution >= 0.6 is 11.6 Å². The van der Waals surface area contributed by atoms with E-state index in [9.17, 15) is 0 Å². The van der Waals surface area contributed by atoms with E-state index in [2.05, 4.69) is 36.9 Å². The monoisotopic (exact) mass is 288 g/mol. The Morgan fingerprint density at radius 3 is 2.85 bits per heavy atom. The topological polar surface area (TPSA) is 16.1 Å². The Hall–Kier alpha value is -1.28. The van der Waals surface area contributed by atoms with Crippen LogP contribution in [0.25, 0.3) is 10.9 Å². The van der Waals surface area contributed by atoms with Crippen molar-refractivity contribution in [1.82, 2.24) is 4.98 Å². The van der Waals surface area contributed by atoms with Gasteiger partial charge in [0.1, 0.15) is 5.82 Å². The molecule has 2 atom stereocenters. The van der Waals surface area contributed by atoms with Gasteiger partial charge in [-0.3, -0.25) is 0 Å². The van der Waals surface area contributed by atoms with Gasteiger partial charge in [0.25, 0.3) is 0 Å². The lowest BCUT2D eigenvalue weighted by Gasteiger charge is -2.38. The molecule has 0 aliphatic carbocycles. The molecule has 0 amide bonds. The number of piperidine rings is 1. The maximum absolute atomic E-state index is 6.16. The number of pyridine rings is 1.